The van der Waals surface area contributed by atoms with E-state index in [-0.39, 0.29) is 0 Å². The fourth-order valence-corrected chi connectivity index (χ4v) is 2.29. The van der Waals surface area contributed by atoms with Gasteiger partial charge >= 0.3 is 0 Å². The largest absolute Gasteiger partial charge is 0.357 e. The number of nitrogens with one attached hydrogen (secondary N) is 1. The topological polar surface area (TPSA) is 17.0 Å². The highest BCUT2D eigenvalue weighted by Gasteiger charge is 2.20. The van der Waals surface area contributed by atoms with Crippen molar-refractivity contribution in [2.75, 3.05) is 6.54 Å². The highest BCUT2D eigenvalue weighted by atomic mass is 14.9. The highest BCUT2D eigenvalue weighted by molar-refractivity contribution is 5.30. The van der Waals surface area contributed by atoms with Crippen molar-refractivity contribution in [1.82, 2.24) is 9.88 Å². The van der Waals surface area contributed by atoms with Crippen molar-refractivity contribution in [3.05, 3.63) is 23.5 Å². The predicted octanol–water partition coefficient (Wildman–Crippen LogP) is 2.01. The Hall–Kier alpha value is -0.760. The molecule has 0 aliphatic heterocycles. The van der Waals surface area contributed by atoms with Gasteiger partial charge in [-0.25, -0.2) is 0 Å². The average molecular weight is 178 g/mol. The first-order valence-corrected chi connectivity index (χ1v) is 5.19. The molecule has 72 valence electrons. The van der Waals surface area contributed by atoms with Gasteiger partial charge in [-0.15, -0.1) is 0 Å². The monoisotopic (exact) mass is 178 g/mol. The Morgan fingerprint density at radius 3 is 3.15 bits per heavy atom. The standard InChI is InChI=1S/C11H18N2/c1-3-12-11-6-4-5-9-7-13(2)8-10(9)11/h7-8,11-12H,3-6H2,1-2H3. The number of rotatable bonds is 2. The van der Waals surface area contributed by atoms with E-state index in [1.807, 2.05) is 0 Å². The van der Waals surface area contributed by atoms with E-state index in [2.05, 4.69) is 36.2 Å². The highest BCUT2D eigenvalue weighted by Crippen LogP contribution is 2.29. The molecular formula is C11H18N2. The zero-order chi connectivity index (χ0) is 9.26. The Kier molecular flexibility index (Phi) is 2.40. The fraction of sp³-hybridized carbons (Fsp3) is 0.636. The van der Waals surface area contributed by atoms with E-state index in [1.54, 1.807) is 5.56 Å². The summed E-state index contributed by atoms with van der Waals surface area (Å²) in [7, 11) is 2.11. The summed E-state index contributed by atoms with van der Waals surface area (Å²) in [6.45, 7) is 3.25. The Bertz CT molecular complexity index is 288. The molecule has 0 amide bonds. The molecule has 2 rings (SSSR count). The molecule has 1 N–H and O–H groups in total. The van der Waals surface area contributed by atoms with E-state index in [1.165, 1.54) is 24.8 Å². The lowest BCUT2D eigenvalue weighted by atomic mass is 9.91. The third-order valence-corrected chi connectivity index (χ3v) is 2.84. The average Bonchev–Trinajstić information content (AvgIpc) is 2.47. The van der Waals surface area contributed by atoms with Crippen LogP contribution in [0.4, 0.5) is 0 Å². The second kappa shape index (κ2) is 3.54. The molecule has 13 heavy (non-hydrogen) atoms. The van der Waals surface area contributed by atoms with Gasteiger partial charge in [0.1, 0.15) is 0 Å². The summed E-state index contributed by atoms with van der Waals surface area (Å²) in [5.74, 6) is 0. The minimum atomic E-state index is 0.606. The van der Waals surface area contributed by atoms with Crippen molar-refractivity contribution in [2.45, 2.75) is 32.2 Å². The van der Waals surface area contributed by atoms with Crippen molar-refractivity contribution >= 4 is 0 Å². The van der Waals surface area contributed by atoms with Crippen LogP contribution in [0, 0.1) is 0 Å². The number of fused-ring (bicyclic) bond motifs is 1. The predicted molar refractivity (Wildman–Crippen MR) is 54.8 cm³/mol. The van der Waals surface area contributed by atoms with Gasteiger partial charge in [-0.2, -0.15) is 0 Å². The van der Waals surface area contributed by atoms with E-state index in [0.717, 1.165) is 6.54 Å². The van der Waals surface area contributed by atoms with E-state index < -0.39 is 0 Å². The van der Waals surface area contributed by atoms with Gasteiger partial charge in [-0.05, 0) is 36.9 Å². The Morgan fingerprint density at radius 1 is 1.54 bits per heavy atom. The van der Waals surface area contributed by atoms with Crippen molar-refractivity contribution in [3.63, 3.8) is 0 Å². The third-order valence-electron chi connectivity index (χ3n) is 2.84. The van der Waals surface area contributed by atoms with Crippen molar-refractivity contribution < 1.29 is 0 Å². The lowest BCUT2D eigenvalue weighted by molar-refractivity contribution is 0.473. The molecule has 2 heteroatoms. The maximum atomic E-state index is 3.54. The van der Waals surface area contributed by atoms with Crippen LogP contribution in [0.3, 0.4) is 0 Å². The molecule has 1 heterocycles. The Morgan fingerprint density at radius 2 is 2.38 bits per heavy atom. The SMILES string of the molecule is CCNC1CCCc2cn(C)cc21. The molecule has 1 unspecified atom stereocenters. The van der Waals surface area contributed by atoms with Gasteiger partial charge < -0.3 is 9.88 Å². The van der Waals surface area contributed by atoms with Crippen LogP contribution in [0.1, 0.15) is 36.9 Å². The summed E-state index contributed by atoms with van der Waals surface area (Å²) in [6, 6.07) is 0.606. The summed E-state index contributed by atoms with van der Waals surface area (Å²) in [5, 5.41) is 3.54. The summed E-state index contributed by atoms with van der Waals surface area (Å²) in [6.07, 6.45) is 8.41. The van der Waals surface area contributed by atoms with Crippen molar-refractivity contribution in [2.24, 2.45) is 7.05 Å². The van der Waals surface area contributed by atoms with Crippen LogP contribution in [0.2, 0.25) is 0 Å². The van der Waals surface area contributed by atoms with Gasteiger partial charge in [-0.1, -0.05) is 6.92 Å². The van der Waals surface area contributed by atoms with E-state index in [9.17, 15) is 0 Å². The molecule has 1 aliphatic rings. The van der Waals surface area contributed by atoms with Gasteiger partial charge in [0.2, 0.25) is 0 Å². The van der Waals surface area contributed by atoms with E-state index in [0.29, 0.717) is 6.04 Å². The second-order valence-corrected chi connectivity index (χ2v) is 3.91. The van der Waals surface area contributed by atoms with Crippen LogP contribution in [-0.2, 0) is 13.5 Å². The number of aromatic nitrogens is 1. The lowest BCUT2D eigenvalue weighted by Crippen LogP contribution is -2.23. The van der Waals surface area contributed by atoms with Crippen molar-refractivity contribution in [3.8, 4) is 0 Å². The molecule has 0 saturated heterocycles. The number of hydrogen-bond acceptors (Lipinski definition) is 1. The molecule has 1 aromatic rings. The van der Waals surface area contributed by atoms with Gasteiger partial charge in [0.25, 0.3) is 0 Å². The minimum Gasteiger partial charge on any atom is -0.357 e. The maximum absolute atomic E-state index is 3.54. The number of hydrogen-bond donors (Lipinski definition) is 1. The zero-order valence-electron chi connectivity index (χ0n) is 8.51. The van der Waals surface area contributed by atoms with Gasteiger partial charge in [0.15, 0.2) is 0 Å². The van der Waals surface area contributed by atoms with E-state index >= 15 is 0 Å². The molecule has 0 radical (unpaired) electrons. The van der Waals surface area contributed by atoms with Crippen LogP contribution in [-0.4, -0.2) is 11.1 Å². The number of aryl methyl sites for hydroxylation is 2. The molecule has 1 aliphatic carbocycles. The lowest BCUT2D eigenvalue weighted by Gasteiger charge is -2.22. The molecule has 0 spiro atoms. The smallest absolute Gasteiger partial charge is 0.0337 e. The van der Waals surface area contributed by atoms with Gasteiger partial charge in [0, 0.05) is 25.5 Å². The van der Waals surface area contributed by atoms with Crippen LogP contribution in [0.5, 0.6) is 0 Å². The molecule has 0 aromatic carbocycles. The van der Waals surface area contributed by atoms with Gasteiger partial charge in [-0.3, -0.25) is 0 Å². The first kappa shape index (κ1) is 8.82. The Labute approximate surface area is 79.9 Å². The molecule has 1 atom stereocenters. The summed E-state index contributed by atoms with van der Waals surface area (Å²) in [4.78, 5) is 0. The maximum Gasteiger partial charge on any atom is 0.0337 e. The second-order valence-electron chi connectivity index (χ2n) is 3.91. The molecule has 0 saturated carbocycles. The van der Waals surface area contributed by atoms with Gasteiger partial charge in [0.05, 0.1) is 0 Å². The molecule has 1 aromatic heterocycles. The van der Waals surface area contributed by atoms with Crippen LogP contribution in [0.25, 0.3) is 0 Å². The van der Waals surface area contributed by atoms with Crippen LogP contribution >= 0.6 is 0 Å². The van der Waals surface area contributed by atoms with Crippen LogP contribution in [0.15, 0.2) is 12.4 Å². The molecule has 0 fully saturated rings. The third kappa shape index (κ3) is 1.63. The molecule has 2 nitrogen and oxygen atoms in total. The minimum absolute atomic E-state index is 0.606. The first-order valence-electron chi connectivity index (χ1n) is 5.19. The Balaban J connectivity index is 2.25. The summed E-state index contributed by atoms with van der Waals surface area (Å²) in [5.41, 5.74) is 3.07. The van der Waals surface area contributed by atoms with Crippen LogP contribution < -0.4 is 5.32 Å². The quantitative estimate of drug-likeness (QED) is 0.733. The summed E-state index contributed by atoms with van der Waals surface area (Å²) >= 11 is 0. The normalized spacial score (nSPS) is 21.5. The molecule has 0 bridgehead atoms. The fourth-order valence-electron chi connectivity index (χ4n) is 2.29. The zero-order valence-corrected chi connectivity index (χ0v) is 8.51. The molecular weight excluding hydrogens is 160 g/mol. The summed E-state index contributed by atoms with van der Waals surface area (Å²) < 4.78 is 2.18. The van der Waals surface area contributed by atoms with Crippen molar-refractivity contribution in [1.29, 1.82) is 0 Å². The van der Waals surface area contributed by atoms with E-state index in [4.69, 9.17) is 0 Å². The number of nitrogens with zero attached hydrogens (tertiary/aromatic N) is 1. The first-order chi connectivity index (χ1) is 6.31.